The number of fused-ring (bicyclic) bond motifs is 6. The molecule has 10 rings (SSSR count). The number of thiophene rings is 1. The number of hydrogen-bond donors (Lipinski definition) is 0. The Morgan fingerprint density at radius 1 is 0.423 bits per heavy atom. The van der Waals surface area contributed by atoms with Crippen LogP contribution in [-0.2, 0) is 5.41 Å². The van der Waals surface area contributed by atoms with Gasteiger partial charge in [0.1, 0.15) is 0 Å². The molecule has 2 heterocycles. The quantitative estimate of drug-likeness (QED) is 0.181. The maximum Gasteiger partial charge on any atom is 0.161 e. The Kier molecular flexibility index (Phi) is 7.06. The molecule has 52 heavy (non-hydrogen) atoms. The molecule has 0 fully saturated rings. The maximum absolute atomic E-state index is 5.34. The van der Waals surface area contributed by atoms with E-state index in [1.807, 2.05) is 23.5 Å². The van der Waals surface area contributed by atoms with Crippen LogP contribution >= 0.6 is 11.3 Å². The molecule has 0 amide bonds. The fourth-order valence-corrected chi connectivity index (χ4v) is 9.20. The van der Waals surface area contributed by atoms with Gasteiger partial charge in [0.15, 0.2) is 5.82 Å². The second-order valence-electron chi connectivity index (χ2n) is 14.2. The van der Waals surface area contributed by atoms with Crippen molar-refractivity contribution >= 4 is 31.5 Å². The van der Waals surface area contributed by atoms with Gasteiger partial charge >= 0.3 is 0 Å². The van der Waals surface area contributed by atoms with Crippen molar-refractivity contribution < 1.29 is 0 Å². The summed E-state index contributed by atoms with van der Waals surface area (Å²) >= 11 is 1.82. The summed E-state index contributed by atoms with van der Waals surface area (Å²) < 4.78 is 2.49. The number of aromatic nitrogens is 2. The van der Waals surface area contributed by atoms with E-state index in [0.717, 1.165) is 45.0 Å². The molecule has 0 spiro atoms. The average Bonchev–Trinajstić information content (AvgIpc) is 3.70. The molecule has 0 bridgehead atoms. The van der Waals surface area contributed by atoms with E-state index in [2.05, 4.69) is 172 Å². The van der Waals surface area contributed by atoms with Gasteiger partial charge < -0.3 is 0 Å². The van der Waals surface area contributed by atoms with Crippen molar-refractivity contribution in [2.24, 2.45) is 0 Å². The van der Waals surface area contributed by atoms with Crippen LogP contribution < -0.4 is 0 Å². The Labute approximate surface area is 307 Å². The molecule has 7 aromatic carbocycles. The van der Waals surface area contributed by atoms with E-state index in [9.17, 15) is 0 Å². The van der Waals surface area contributed by atoms with E-state index in [4.69, 9.17) is 9.97 Å². The Morgan fingerprint density at radius 3 is 1.73 bits per heavy atom. The fraction of sp³-hybridized carbons (Fsp3) is 0.0612. The van der Waals surface area contributed by atoms with Gasteiger partial charge in [0, 0.05) is 42.3 Å². The van der Waals surface area contributed by atoms with Gasteiger partial charge in [-0.3, -0.25) is 0 Å². The minimum atomic E-state index is -0.0393. The highest BCUT2D eigenvalue weighted by molar-refractivity contribution is 7.26. The van der Waals surface area contributed by atoms with Gasteiger partial charge in [0.25, 0.3) is 0 Å². The third-order valence-corrected chi connectivity index (χ3v) is 11.9. The van der Waals surface area contributed by atoms with Crippen LogP contribution in [0.1, 0.15) is 25.0 Å². The minimum absolute atomic E-state index is 0.0393. The van der Waals surface area contributed by atoms with Gasteiger partial charge in [-0.05, 0) is 68.8 Å². The van der Waals surface area contributed by atoms with Crippen LogP contribution in [-0.4, -0.2) is 9.97 Å². The molecule has 0 unspecified atom stereocenters. The molecule has 3 heteroatoms. The van der Waals surface area contributed by atoms with Gasteiger partial charge in [-0.25, -0.2) is 9.97 Å². The first kappa shape index (κ1) is 30.6. The Bertz CT molecular complexity index is 2740. The highest BCUT2D eigenvalue weighted by atomic mass is 32.1. The molecule has 0 saturated carbocycles. The lowest BCUT2D eigenvalue weighted by Crippen LogP contribution is -2.14. The molecule has 0 saturated heterocycles. The van der Waals surface area contributed by atoms with Crippen molar-refractivity contribution in [1.82, 2.24) is 9.97 Å². The number of nitrogens with zero attached hydrogens (tertiary/aromatic N) is 2. The predicted molar refractivity (Wildman–Crippen MR) is 220 cm³/mol. The molecule has 0 aliphatic heterocycles. The molecule has 0 N–H and O–H groups in total. The van der Waals surface area contributed by atoms with Gasteiger partial charge in [0.05, 0.1) is 11.4 Å². The van der Waals surface area contributed by atoms with Crippen LogP contribution in [0.3, 0.4) is 0 Å². The summed E-state index contributed by atoms with van der Waals surface area (Å²) in [6.07, 6.45) is 0. The van der Waals surface area contributed by atoms with Gasteiger partial charge in [-0.15, -0.1) is 11.3 Å². The second-order valence-corrected chi connectivity index (χ2v) is 15.2. The highest BCUT2D eigenvalue weighted by Gasteiger charge is 2.35. The molecular formula is C49H34N2S. The molecule has 2 nitrogen and oxygen atoms in total. The Balaban J connectivity index is 1.16. The first-order chi connectivity index (χ1) is 25.5. The monoisotopic (exact) mass is 682 g/mol. The van der Waals surface area contributed by atoms with E-state index in [-0.39, 0.29) is 5.41 Å². The third kappa shape index (κ3) is 4.92. The molecule has 2 aromatic heterocycles. The molecule has 246 valence electrons. The van der Waals surface area contributed by atoms with Gasteiger partial charge in [0.2, 0.25) is 0 Å². The molecule has 1 aliphatic rings. The minimum Gasteiger partial charge on any atom is -0.228 e. The highest BCUT2D eigenvalue weighted by Crippen LogP contribution is 2.50. The molecule has 1 aliphatic carbocycles. The van der Waals surface area contributed by atoms with Crippen LogP contribution in [0, 0.1) is 0 Å². The topological polar surface area (TPSA) is 25.8 Å². The lowest BCUT2D eigenvalue weighted by atomic mass is 9.81. The largest absolute Gasteiger partial charge is 0.228 e. The number of hydrogen-bond acceptors (Lipinski definition) is 3. The van der Waals surface area contributed by atoms with E-state index in [0.29, 0.717) is 0 Å². The fourth-order valence-electron chi connectivity index (χ4n) is 8.09. The molecule has 9 aromatic rings. The number of rotatable bonds is 5. The lowest BCUT2D eigenvalue weighted by Gasteiger charge is -2.22. The van der Waals surface area contributed by atoms with E-state index < -0.39 is 0 Å². The van der Waals surface area contributed by atoms with Crippen LogP contribution in [0.25, 0.3) is 87.5 Å². The van der Waals surface area contributed by atoms with E-state index in [1.54, 1.807) is 0 Å². The summed E-state index contributed by atoms with van der Waals surface area (Å²) in [5.74, 6) is 0.730. The van der Waals surface area contributed by atoms with Gasteiger partial charge in [-0.2, -0.15) is 0 Å². The van der Waals surface area contributed by atoms with Crippen molar-refractivity contribution in [2.45, 2.75) is 19.3 Å². The first-order valence-corrected chi connectivity index (χ1v) is 18.6. The van der Waals surface area contributed by atoms with Crippen LogP contribution in [0.2, 0.25) is 0 Å². The predicted octanol–water partition coefficient (Wildman–Crippen LogP) is 13.5. The number of benzene rings is 7. The van der Waals surface area contributed by atoms with Crippen molar-refractivity contribution in [1.29, 1.82) is 0 Å². The van der Waals surface area contributed by atoms with Crippen molar-refractivity contribution in [2.75, 3.05) is 0 Å². The average molecular weight is 683 g/mol. The van der Waals surface area contributed by atoms with Crippen molar-refractivity contribution in [3.63, 3.8) is 0 Å². The Morgan fingerprint density at radius 2 is 1.00 bits per heavy atom. The molecular weight excluding hydrogens is 649 g/mol. The summed E-state index contributed by atoms with van der Waals surface area (Å²) in [5, 5.41) is 2.43. The van der Waals surface area contributed by atoms with Crippen molar-refractivity contribution in [3.8, 4) is 67.3 Å². The first-order valence-electron chi connectivity index (χ1n) is 17.8. The zero-order valence-electron chi connectivity index (χ0n) is 29.0. The van der Waals surface area contributed by atoms with Crippen LogP contribution in [0.5, 0.6) is 0 Å². The third-order valence-electron chi connectivity index (χ3n) is 10.7. The summed E-state index contributed by atoms with van der Waals surface area (Å²) in [7, 11) is 0. The zero-order valence-corrected chi connectivity index (χ0v) is 29.8. The zero-order chi connectivity index (χ0) is 34.8. The lowest BCUT2D eigenvalue weighted by molar-refractivity contribution is 0.660. The summed E-state index contributed by atoms with van der Waals surface area (Å²) in [6, 6.07) is 61.1. The van der Waals surface area contributed by atoms with E-state index >= 15 is 0 Å². The van der Waals surface area contributed by atoms with Crippen LogP contribution in [0.4, 0.5) is 0 Å². The molecule has 0 atom stereocenters. The van der Waals surface area contributed by atoms with Crippen LogP contribution in [0.15, 0.2) is 170 Å². The summed E-state index contributed by atoms with van der Waals surface area (Å²) in [4.78, 5) is 10.7. The summed E-state index contributed by atoms with van der Waals surface area (Å²) in [5.41, 5.74) is 15.1. The maximum atomic E-state index is 5.34. The Hall–Kier alpha value is -6.16. The smallest absolute Gasteiger partial charge is 0.161 e. The van der Waals surface area contributed by atoms with E-state index in [1.165, 1.54) is 53.6 Å². The van der Waals surface area contributed by atoms with Gasteiger partial charge in [-0.1, -0.05) is 159 Å². The SMILES string of the molecule is CC1(C)c2ccccc2-c2ccc(-c3ccc(-c4ccc5sc6ccccc6c5c4-c4nc(-c5ccccc5)cc(-c5ccccc5)n4)cc3)cc21. The second kappa shape index (κ2) is 12.0. The normalized spacial score (nSPS) is 13.0. The summed E-state index contributed by atoms with van der Waals surface area (Å²) in [6.45, 7) is 4.68. The standard InChI is InChI=1S/C49H34N2S/c1-49(2)40-19-11-9-17-37(40)38-26-25-35(29-41(38)49)31-21-23-32(24-22-31)36-27-28-45-46(39-18-10-12-20-44(39)52-45)47(36)48-50-42(33-13-5-3-6-14-33)30-43(51-48)34-15-7-4-8-16-34/h3-30H,1-2H3. The van der Waals surface area contributed by atoms with Crippen molar-refractivity contribution in [3.05, 3.63) is 181 Å². The molecule has 0 radical (unpaired) electrons.